The quantitative estimate of drug-likeness (QED) is 0.781. The first-order chi connectivity index (χ1) is 7.20. The molecule has 0 fully saturated rings. The number of hydrogen-bond donors (Lipinski definition) is 0. The van der Waals surface area contributed by atoms with Gasteiger partial charge in [-0.25, -0.2) is 4.52 Å². The van der Waals surface area contributed by atoms with Gasteiger partial charge in [0.1, 0.15) is 0 Å². The normalized spacial score (nSPS) is 10.5. The SMILES string of the molecule is COC(=O)Cc1cnn2ccc(Br)cc12. The molecular formula is C10H9BrN2O2. The smallest absolute Gasteiger partial charge is 0.310 e. The van der Waals surface area contributed by atoms with Gasteiger partial charge in [-0.05, 0) is 12.1 Å². The number of fused-ring (bicyclic) bond motifs is 1. The van der Waals surface area contributed by atoms with Crippen molar-refractivity contribution in [2.45, 2.75) is 6.42 Å². The van der Waals surface area contributed by atoms with Gasteiger partial charge < -0.3 is 4.74 Å². The van der Waals surface area contributed by atoms with Crippen molar-refractivity contribution in [2.75, 3.05) is 7.11 Å². The van der Waals surface area contributed by atoms with Gasteiger partial charge in [-0.3, -0.25) is 4.79 Å². The molecule has 2 heterocycles. The third kappa shape index (κ3) is 2.02. The van der Waals surface area contributed by atoms with E-state index in [1.54, 1.807) is 10.7 Å². The van der Waals surface area contributed by atoms with Crippen LogP contribution >= 0.6 is 15.9 Å². The van der Waals surface area contributed by atoms with E-state index < -0.39 is 0 Å². The Labute approximate surface area is 95.0 Å². The summed E-state index contributed by atoms with van der Waals surface area (Å²) in [5.41, 5.74) is 1.78. The number of nitrogens with zero attached hydrogens (tertiary/aromatic N) is 2. The monoisotopic (exact) mass is 268 g/mol. The Bertz CT molecular complexity index is 507. The molecule has 0 unspecified atom stereocenters. The number of ether oxygens (including phenoxy) is 1. The molecule has 2 aromatic rings. The molecule has 15 heavy (non-hydrogen) atoms. The number of rotatable bonds is 2. The van der Waals surface area contributed by atoms with Crippen LogP contribution in [0.2, 0.25) is 0 Å². The van der Waals surface area contributed by atoms with Crippen LogP contribution in [0.15, 0.2) is 29.0 Å². The Morgan fingerprint density at radius 1 is 1.67 bits per heavy atom. The van der Waals surface area contributed by atoms with Crippen LogP contribution in [0.1, 0.15) is 5.56 Å². The van der Waals surface area contributed by atoms with Gasteiger partial charge in [-0.15, -0.1) is 0 Å². The van der Waals surface area contributed by atoms with E-state index in [0.29, 0.717) is 0 Å². The second-order valence-corrected chi connectivity index (χ2v) is 4.01. The third-order valence-electron chi connectivity index (χ3n) is 2.13. The van der Waals surface area contributed by atoms with Crippen molar-refractivity contribution in [3.63, 3.8) is 0 Å². The summed E-state index contributed by atoms with van der Waals surface area (Å²) in [7, 11) is 1.38. The van der Waals surface area contributed by atoms with E-state index in [2.05, 4.69) is 25.8 Å². The first-order valence-corrected chi connectivity index (χ1v) is 5.18. The second-order valence-electron chi connectivity index (χ2n) is 3.10. The summed E-state index contributed by atoms with van der Waals surface area (Å²) in [4.78, 5) is 11.1. The molecule has 0 radical (unpaired) electrons. The van der Waals surface area contributed by atoms with E-state index in [0.717, 1.165) is 15.6 Å². The van der Waals surface area contributed by atoms with Crippen LogP contribution in [0.4, 0.5) is 0 Å². The summed E-state index contributed by atoms with van der Waals surface area (Å²) in [6, 6.07) is 3.81. The average Bonchev–Trinajstić information content (AvgIpc) is 2.61. The Kier molecular flexibility index (Phi) is 2.73. The number of hydrogen-bond acceptors (Lipinski definition) is 3. The standard InChI is InChI=1S/C10H9BrN2O2/c1-15-10(14)4-7-6-12-13-3-2-8(11)5-9(7)13/h2-3,5-6H,4H2,1H3. The van der Waals surface area contributed by atoms with Crippen LogP contribution in [-0.4, -0.2) is 22.7 Å². The largest absolute Gasteiger partial charge is 0.469 e. The molecule has 0 bridgehead atoms. The zero-order valence-corrected chi connectivity index (χ0v) is 9.69. The number of esters is 1. The predicted molar refractivity (Wildman–Crippen MR) is 58.6 cm³/mol. The van der Waals surface area contributed by atoms with E-state index in [4.69, 9.17) is 0 Å². The van der Waals surface area contributed by atoms with Crippen molar-refractivity contribution in [2.24, 2.45) is 0 Å². The molecule has 0 saturated carbocycles. The van der Waals surface area contributed by atoms with Crippen LogP contribution in [-0.2, 0) is 16.0 Å². The highest BCUT2D eigenvalue weighted by Gasteiger charge is 2.09. The zero-order valence-electron chi connectivity index (χ0n) is 8.11. The fourth-order valence-corrected chi connectivity index (χ4v) is 1.70. The second kappa shape index (κ2) is 4.02. The predicted octanol–water partition coefficient (Wildman–Crippen LogP) is 1.81. The van der Waals surface area contributed by atoms with Crippen molar-refractivity contribution >= 4 is 27.4 Å². The highest BCUT2D eigenvalue weighted by atomic mass is 79.9. The van der Waals surface area contributed by atoms with Crippen LogP contribution in [0.5, 0.6) is 0 Å². The number of pyridine rings is 1. The Morgan fingerprint density at radius 3 is 3.20 bits per heavy atom. The Morgan fingerprint density at radius 2 is 2.47 bits per heavy atom. The Hall–Kier alpha value is -1.36. The summed E-state index contributed by atoms with van der Waals surface area (Å²) >= 11 is 3.38. The summed E-state index contributed by atoms with van der Waals surface area (Å²) < 4.78 is 7.30. The molecule has 78 valence electrons. The van der Waals surface area contributed by atoms with Gasteiger partial charge in [0.25, 0.3) is 0 Å². The van der Waals surface area contributed by atoms with Crippen molar-refractivity contribution in [3.05, 3.63) is 34.6 Å². The van der Waals surface area contributed by atoms with Gasteiger partial charge in [0, 0.05) is 16.2 Å². The Balaban J connectivity index is 2.43. The molecular weight excluding hydrogens is 260 g/mol. The molecule has 2 aromatic heterocycles. The number of halogens is 1. The van der Waals surface area contributed by atoms with Gasteiger partial charge in [0.05, 0.1) is 25.2 Å². The number of methoxy groups -OCH3 is 1. The van der Waals surface area contributed by atoms with Gasteiger partial charge >= 0.3 is 5.97 Å². The number of carbonyl (C=O) groups excluding carboxylic acids is 1. The van der Waals surface area contributed by atoms with Gasteiger partial charge in [-0.2, -0.15) is 5.10 Å². The average molecular weight is 269 g/mol. The first-order valence-electron chi connectivity index (χ1n) is 4.39. The lowest BCUT2D eigenvalue weighted by atomic mass is 10.2. The van der Waals surface area contributed by atoms with Crippen LogP contribution < -0.4 is 0 Å². The number of aromatic nitrogens is 2. The molecule has 0 aliphatic heterocycles. The van der Waals surface area contributed by atoms with Gasteiger partial charge in [0.2, 0.25) is 0 Å². The maximum Gasteiger partial charge on any atom is 0.310 e. The van der Waals surface area contributed by atoms with Gasteiger partial charge in [0.15, 0.2) is 0 Å². The molecule has 0 amide bonds. The zero-order chi connectivity index (χ0) is 10.8. The maximum absolute atomic E-state index is 11.1. The lowest BCUT2D eigenvalue weighted by Crippen LogP contribution is -2.03. The minimum atomic E-state index is -0.259. The summed E-state index contributed by atoms with van der Waals surface area (Å²) in [6.45, 7) is 0. The van der Waals surface area contributed by atoms with E-state index in [1.165, 1.54) is 7.11 Å². The molecule has 5 heteroatoms. The fraction of sp³-hybridized carbons (Fsp3) is 0.200. The third-order valence-corrected chi connectivity index (χ3v) is 2.62. The lowest BCUT2D eigenvalue weighted by Gasteiger charge is -1.98. The molecule has 0 aromatic carbocycles. The van der Waals surface area contributed by atoms with E-state index in [9.17, 15) is 4.79 Å². The highest BCUT2D eigenvalue weighted by molar-refractivity contribution is 9.10. The molecule has 4 nitrogen and oxygen atoms in total. The topological polar surface area (TPSA) is 43.6 Å². The maximum atomic E-state index is 11.1. The van der Waals surface area contributed by atoms with Crippen molar-refractivity contribution < 1.29 is 9.53 Å². The van der Waals surface area contributed by atoms with Crippen molar-refractivity contribution in [1.82, 2.24) is 9.61 Å². The molecule has 0 N–H and O–H groups in total. The van der Waals surface area contributed by atoms with Crippen molar-refractivity contribution in [3.8, 4) is 0 Å². The molecule has 0 atom stereocenters. The summed E-state index contributed by atoms with van der Waals surface area (Å²) in [5.74, 6) is -0.259. The lowest BCUT2D eigenvalue weighted by molar-refractivity contribution is -0.139. The minimum Gasteiger partial charge on any atom is -0.469 e. The fourth-order valence-electron chi connectivity index (χ4n) is 1.37. The highest BCUT2D eigenvalue weighted by Crippen LogP contribution is 2.17. The van der Waals surface area contributed by atoms with Gasteiger partial charge in [-0.1, -0.05) is 15.9 Å². The van der Waals surface area contributed by atoms with Crippen LogP contribution in [0, 0.1) is 0 Å². The van der Waals surface area contributed by atoms with E-state index in [1.807, 2.05) is 18.3 Å². The van der Waals surface area contributed by atoms with Crippen molar-refractivity contribution in [1.29, 1.82) is 0 Å². The van der Waals surface area contributed by atoms with Crippen LogP contribution in [0.25, 0.3) is 5.52 Å². The minimum absolute atomic E-state index is 0.246. The van der Waals surface area contributed by atoms with Crippen LogP contribution in [0.3, 0.4) is 0 Å². The molecule has 2 rings (SSSR count). The molecule has 0 spiro atoms. The first kappa shape index (κ1) is 10.2. The number of carbonyl (C=O) groups is 1. The molecule has 0 aliphatic carbocycles. The molecule has 0 saturated heterocycles. The summed E-state index contributed by atoms with van der Waals surface area (Å²) in [5, 5.41) is 4.14. The molecule has 0 aliphatic rings. The van der Waals surface area contributed by atoms with E-state index in [-0.39, 0.29) is 12.4 Å². The summed E-state index contributed by atoms with van der Waals surface area (Å²) in [6.07, 6.45) is 3.76. The van der Waals surface area contributed by atoms with E-state index >= 15 is 0 Å².